The highest BCUT2D eigenvalue weighted by Gasteiger charge is 2.31. The molecule has 2 aromatic heterocycles. The minimum absolute atomic E-state index is 0. The number of carboxylic acids is 1. The molecule has 0 fully saturated rings. The second-order valence-electron chi connectivity index (χ2n) is 25.9. The maximum absolute atomic E-state index is 13.3. The molecule has 107 heavy (non-hydrogen) atoms. The molecule has 0 aliphatic heterocycles. The molecule has 4 rings (SSSR count). The summed E-state index contributed by atoms with van der Waals surface area (Å²) in [5.74, 6) is -11.6. The van der Waals surface area contributed by atoms with E-state index in [9.17, 15) is 91.7 Å². The summed E-state index contributed by atoms with van der Waals surface area (Å²) in [4.78, 5) is 216. The van der Waals surface area contributed by atoms with Crippen LogP contribution in [0.2, 0.25) is 0 Å². The number of primary amides is 1. The van der Waals surface area contributed by atoms with Crippen LogP contribution in [0.5, 0.6) is 11.5 Å². The molecule has 12 atom stereocenters. The van der Waals surface area contributed by atoms with Crippen molar-refractivity contribution < 1.29 is 96.8 Å². The number of phenols is 2. The number of carbonyl (C=O) groups excluding carboxylic acids is 16. The Kier molecular flexibility index (Phi) is 43.4. The third kappa shape index (κ3) is 37.6. The van der Waals surface area contributed by atoms with Gasteiger partial charge in [-0.25, -0.2) is 9.97 Å². The van der Waals surface area contributed by atoms with Gasteiger partial charge in [-0.3, -0.25) is 81.5 Å². The lowest BCUT2D eigenvalue weighted by atomic mass is 9.96. The van der Waals surface area contributed by atoms with Crippen molar-refractivity contribution in [1.82, 2.24) is 41.9 Å². The van der Waals surface area contributed by atoms with Gasteiger partial charge in [0.15, 0.2) is 63.3 Å². The molecule has 0 radical (unpaired) electrons. The van der Waals surface area contributed by atoms with E-state index in [1.165, 1.54) is 85.1 Å². The largest absolute Gasteiger partial charge is 0.508 e. The van der Waals surface area contributed by atoms with E-state index in [1.807, 2.05) is 6.92 Å². The normalized spacial score (nSPS) is 14.0. The van der Waals surface area contributed by atoms with Crippen molar-refractivity contribution in [3.05, 3.63) is 81.8 Å². The van der Waals surface area contributed by atoms with Crippen LogP contribution >= 0.6 is 35.1 Å². The fourth-order valence-electron chi connectivity index (χ4n) is 9.30. The summed E-state index contributed by atoms with van der Waals surface area (Å²) in [6, 6.07) is 6.57. The molecule has 17 N–H and O–H groups in total. The van der Waals surface area contributed by atoms with Crippen molar-refractivity contribution in [2.45, 2.75) is 182 Å². The third-order valence-electron chi connectivity index (χ3n) is 16.1. The van der Waals surface area contributed by atoms with Gasteiger partial charge in [0.1, 0.15) is 11.5 Å². The van der Waals surface area contributed by atoms with Gasteiger partial charge in [-0.1, -0.05) is 81.6 Å². The fraction of sp³-hybridized carbons (Fsp3) is 0.507. The number of nitrogens with one attached hydrogen (secondary N) is 8. The molecule has 0 saturated heterocycles. The molecule has 2 heterocycles. The van der Waals surface area contributed by atoms with Gasteiger partial charge in [-0.15, -0.1) is 12.4 Å². The Bertz CT molecular complexity index is 3700. The summed E-state index contributed by atoms with van der Waals surface area (Å²) in [6.45, 7) is 15.7. The van der Waals surface area contributed by atoms with Crippen LogP contribution in [0.1, 0.15) is 157 Å². The van der Waals surface area contributed by atoms with E-state index in [1.54, 1.807) is 38.1 Å². The van der Waals surface area contributed by atoms with Crippen molar-refractivity contribution in [2.75, 3.05) is 30.3 Å². The van der Waals surface area contributed by atoms with Gasteiger partial charge in [-0.05, 0) is 82.9 Å². The van der Waals surface area contributed by atoms with Crippen LogP contribution in [-0.4, -0.2) is 188 Å². The number of benzene rings is 2. The number of hydrogen-bond donors (Lipinski definition) is 14. The van der Waals surface area contributed by atoms with Gasteiger partial charge in [0.05, 0.1) is 77.9 Å². The fourth-order valence-corrected chi connectivity index (χ4v) is 10.6. The van der Waals surface area contributed by atoms with Crippen molar-refractivity contribution in [2.24, 2.45) is 46.8 Å². The third-order valence-corrected chi connectivity index (χ3v) is 17.8. The van der Waals surface area contributed by atoms with Crippen molar-refractivity contribution in [3.8, 4) is 11.5 Å². The zero-order valence-corrected chi connectivity index (χ0v) is 63.8. The Hall–Kier alpha value is -10.1. The molecule has 0 bridgehead atoms. The van der Waals surface area contributed by atoms with E-state index in [2.05, 4.69) is 52.5 Å². The molecular weight excluding hydrogens is 1450 g/mol. The molecule has 36 heteroatoms. The van der Waals surface area contributed by atoms with Gasteiger partial charge < -0.3 is 75.1 Å². The number of aromatic nitrogens is 2. The first-order valence-corrected chi connectivity index (χ1v) is 35.7. The molecule has 7 amide bonds. The molecule has 1 unspecified atom stereocenters. The van der Waals surface area contributed by atoms with Crippen LogP contribution in [0, 0.1) is 29.6 Å². The van der Waals surface area contributed by atoms with Crippen LogP contribution in [0.25, 0.3) is 0 Å². The summed E-state index contributed by atoms with van der Waals surface area (Å²) < 4.78 is 0. The van der Waals surface area contributed by atoms with Gasteiger partial charge >= 0.3 is 5.97 Å². The molecule has 0 aliphatic rings. The van der Waals surface area contributed by atoms with Crippen molar-refractivity contribution in [3.63, 3.8) is 0 Å². The number of rotatable bonds is 46. The standard InChI is InChI=1S/C36H48N6O10S.C29H36N4O9S.C6H15N3O.ClH/c1-19(33(37)50)13-30(47)22(4)40-32(49)11-10-29(46)28(15-24-6-8-25(44)9-7-24)42-35(52)21(3)14-31(48)23(5)41-34(51)20(2)12-26(45)16-38-36-39-17-27(18-43)53-36;1-16(10-21(36)13-30-29-31-14-22(15-34)43-29)27(41)32-18(3)25(38)11-17(2)28(42)33-23(24(37)8-9-26(39)40)12-19-4-6-20(35)7-5-19;1-4(3-7)9-6(10)5(2)8;/h6-9,17-23,28,44H,10-16H2,1-5H3,(H2,37,50)(H,38,39)(H,40,49)(H,41,51)(H,42,52);4-7,14-18,23,35H,8-13H2,1-3H3,(H,30,31)(H,32,41)(H,33,42)(H,39,40);4-5H,3,7-8H2,1-2H3,(H,9,10);1H/t19-,20-,21-,22+,23+,28+;16-,17-,18+,23+;4?,5-;/m110./s1. The van der Waals surface area contributed by atoms with Gasteiger partial charge in [0.2, 0.25) is 41.4 Å². The van der Waals surface area contributed by atoms with Crippen LogP contribution in [0.15, 0.2) is 60.9 Å². The van der Waals surface area contributed by atoms with Crippen molar-refractivity contribution >= 4 is 146 Å². The first-order valence-electron chi connectivity index (χ1n) is 34.1. The van der Waals surface area contributed by atoms with Gasteiger partial charge in [0.25, 0.3) is 0 Å². The average molecular weight is 1560 g/mol. The number of Topliss-reactive ketones (excluding diaryl/α,β-unsaturated/α-hetero) is 7. The van der Waals surface area contributed by atoms with Gasteiger partial charge in [-0.2, -0.15) is 0 Å². The number of aldehydes is 2. The molecule has 0 saturated carbocycles. The highest BCUT2D eigenvalue weighted by atomic mass is 35.5. The van der Waals surface area contributed by atoms with Crippen LogP contribution in [-0.2, 0) is 84.8 Å². The minimum atomic E-state index is -1.15. The quantitative estimate of drug-likeness (QED) is 0.0283. The van der Waals surface area contributed by atoms with E-state index in [0.29, 0.717) is 50.3 Å². The van der Waals surface area contributed by atoms with E-state index >= 15 is 0 Å². The number of phenolic OH excluding ortho intramolecular Hbond substituents is 2. The number of amides is 7. The monoisotopic (exact) mass is 1550 g/mol. The molecule has 33 nitrogen and oxygen atoms in total. The van der Waals surface area contributed by atoms with E-state index < -0.39 is 143 Å². The molecule has 2 aromatic carbocycles. The highest BCUT2D eigenvalue weighted by molar-refractivity contribution is 7.17. The van der Waals surface area contributed by atoms with Crippen LogP contribution < -0.4 is 59.7 Å². The topological polar surface area (TPSA) is 551 Å². The van der Waals surface area contributed by atoms with E-state index in [0.717, 1.165) is 22.7 Å². The first kappa shape index (κ1) is 94.9. The molecule has 588 valence electrons. The Balaban J connectivity index is 0.000000952. The zero-order valence-electron chi connectivity index (χ0n) is 61.4. The number of nitrogens with zero attached hydrogens (tertiary/aromatic N) is 2. The first-order chi connectivity index (χ1) is 49.7. The second-order valence-corrected chi connectivity index (χ2v) is 28.0. The summed E-state index contributed by atoms with van der Waals surface area (Å²) in [6.07, 6.45) is 1.98. The van der Waals surface area contributed by atoms with Crippen molar-refractivity contribution in [1.29, 1.82) is 0 Å². The number of carboxylic acid groups (broad SMARTS) is 1. The number of ketones is 7. The maximum atomic E-state index is 13.3. The number of aromatic hydroxyl groups is 2. The number of anilines is 2. The Morgan fingerprint density at radius 2 is 0.804 bits per heavy atom. The molecular formula is C71H100ClN13O20S2. The average Bonchev–Trinajstić information content (AvgIpc) is 1.63. The van der Waals surface area contributed by atoms with Crippen LogP contribution in [0.3, 0.4) is 0 Å². The van der Waals surface area contributed by atoms with E-state index in [-0.39, 0.29) is 125 Å². The maximum Gasteiger partial charge on any atom is 0.303 e. The lowest BCUT2D eigenvalue weighted by Gasteiger charge is -2.22. The second kappa shape index (κ2) is 48.9. The number of nitrogens with two attached hydrogens (primary N) is 3. The lowest BCUT2D eigenvalue weighted by Crippen LogP contribution is -2.46. The summed E-state index contributed by atoms with van der Waals surface area (Å²) in [7, 11) is 0. The molecule has 4 aromatic rings. The van der Waals surface area contributed by atoms with Gasteiger partial charge in [0, 0.05) is 93.5 Å². The SMILES string of the molecule is CC(CN)NC(=O)[C@H](C)N.C[C@H](CC(=O)CNc1ncc(C=O)s1)C(=O)N[C@@H](C)C(=O)C[C@@H](C)C(=O)N[C@@H](Cc1ccc(O)cc1)C(=O)CCC(=O)O.C[C@H](CC(=O)[C@H](C)NC(=O)CCC(=O)[C@H](Cc1ccc(O)cc1)NC(=O)[C@H](C)CC(=O)[C@H](C)NC(=O)[C@H](C)CC(=O)CNc1ncc(C=O)s1)C(N)=O.Cl. The number of hydrogen-bond acceptors (Lipinski definition) is 27. The zero-order chi connectivity index (χ0) is 80.1. The predicted molar refractivity (Wildman–Crippen MR) is 399 cm³/mol. The molecule has 0 spiro atoms. The predicted octanol–water partition coefficient (Wildman–Crippen LogP) is 2.58. The summed E-state index contributed by atoms with van der Waals surface area (Å²) >= 11 is 2.18. The van der Waals surface area contributed by atoms with Crippen LogP contribution in [0.4, 0.5) is 10.3 Å². The van der Waals surface area contributed by atoms with E-state index in [4.69, 9.17) is 22.3 Å². The minimum Gasteiger partial charge on any atom is -0.508 e. The number of carbonyl (C=O) groups is 17. The number of aliphatic carboxylic acids is 1. The highest BCUT2D eigenvalue weighted by Crippen LogP contribution is 2.20. The Labute approximate surface area is 633 Å². The Morgan fingerprint density at radius 3 is 1.14 bits per heavy atom. The lowest BCUT2D eigenvalue weighted by molar-refractivity contribution is -0.139. The summed E-state index contributed by atoms with van der Waals surface area (Å²) in [5.41, 5.74) is 17.0. The summed E-state index contributed by atoms with van der Waals surface area (Å²) in [5, 5.41) is 50.0. The number of thiazole rings is 2. The number of halogens is 1. The Morgan fingerprint density at radius 1 is 0.458 bits per heavy atom. The molecule has 0 aliphatic carbocycles. The smallest absolute Gasteiger partial charge is 0.303 e.